The van der Waals surface area contributed by atoms with Crippen LogP contribution in [0.15, 0.2) is 0 Å². The molecule has 2 heterocycles. The zero-order valence-electron chi connectivity index (χ0n) is 7.50. The SMILES string of the molecule is OCC1CCCN2CCNCC12. The number of nitrogens with one attached hydrogen (secondary N) is 1. The van der Waals surface area contributed by atoms with E-state index >= 15 is 0 Å². The molecule has 12 heavy (non-hydrogen) atoms. The van der Waals surface area contributed by atoms with Gasteiger partial charge in [-0.3, -0.25) is 4.90 Å². The Balaban J connectivity index is 1.99. The molecule has 2 unspecified atom stereocenters. The molecule has 0 bridgehead atoms. The molecule has 0 radical (unpaired) electrons. The highest BCUT2D eigenvalue weighted by molar-refractivity contribution is 4.88. The van der Waals surface area contributed by atoms with Gasteiger partial charge in [0.25, 0.3) is 0 Å². The third-order valence-electron chi connectivity index (χ3n) is 3.20. The summed E-state index contributed by atoms with van der Waals surface area (Å²) in [5.41, 5.74) is 0. The predicted octanol–water partition coefficient (Wildman–Crippen LogP) is -0.337. The average Bonchev–Trinajstić information content (AvgIpc) is 2.17. The van der Waals surface area contributed by atoms with Gasteiger partial charge >= 0.3 is 0 Å². The molecule has 2 rings (SSSR count). The number of nitrogens with zero attached hydrogens (tertiary/aromatic N) is 1. The number of fused-ring (bicyclic) bond motifs is 1. The van der Waals surface area contributed by atoms with Crippen LogP contribution in [0.1, 0.15) is 12.8 Å². The Kier molecular flexibility index (Phi) is 2.63. The number of aliphatic hydroxyl groups excluding tert-OH is 1. The molecule has 0 saturated carbocycles. The largest absolute Gasteiger partial charge is 0.396 e. The molecule has 2 fully saturated rings. The molecule has 0 aliphatic carbocycles. The summed E-state index contributed by atoms with van der Waals surface area (Å²) >= 11 is 0. The summed E-state index contributed by atoms with van der Waals surface area (Å²) in [4.78, 5) is 2.53. The Morgan fingerprint density at radius 2 is 2.33 bits per heavy atom. The van der Waals surface area contributed by atoms with Crippen LogP contribution in [0.25, 0.3) is 0 Å². The maximum atomic E-state index is 9.18. The van der Waals surface area contributed by atoms with Gasteiger partial charge in [0.15, 0.2) is 0 Å². The zero-order valence-corrected chi connectivity index (χ0v) is 7.50. The summed E-state index contributed by atoms with van der Waals surface area (Å²) in [6.45, 7) is 4.97. The highest BCUT2D eigenvalue weighted by atomic mass is 16.3. The maximum Gasteiger partial charge on any atom is 0.0474 e. The Labute approximate surface area is 73.8 Å². The lowest BCUT2D eigenvalue weighted by Crippen LogP contribution is -2.57. The molecular weight excluding hydrogens is 152 g/mol. The van der Waals surface area contributed by atoms with Crippen molar-refractivity contribution in [3.05, 3.63) is 0 Å². The summed E-state index contributed by atoms with van der Waals surface area (Å²) < 4.78 is 0. The first-order valence-electron chi connectivity index (χ1n) is 4.97. The lowest BCUT2D eigenvalue weighted by Gasteiger charge is -2.43. The lowest BCUT2D eigenvalue weighted by atomic mass is 9.88. The maximum absolute atomic E-state index is 9.18. The van der Waals surface area contributed by atoms with Crippen molar-refractivity contribution in [1.82, 2.24) is 10.2 Å². The van der Waals surface area contributed by atoms with Gasteiger partial charge in [-0.15, -0.1) is 0 Å². The van der Waals surface area contributed by atoms with Crippen LogP contribution in [-0.4, -0.2) is 48.8 Å². The Hall–Kier alpha value is -0.120. The highest BCUT2D eigenvalue weighted by Crippen LogP contribution is 2.23. The minimum atomic E-state index is 0.364. The molecule has 2 atom stereocenters. The first-order valence-corrected chi connectivity index (χ1v) is 4.97. The van der Waals surface area contributed by atoms with E-state index in [4.69, 9.17) is 0 Å². The van der Waals surface area contributed by atoms with Gasteiger partial charge < -0.3 is 10.4 Å². The van der Waals surface area contributed by atoms with Crippen molar-refractivity contribution < 1.29 is 5.11 Å². The van der Waals surface area contributed by atoms with E-state index in [1.54, 1.807) is 0 Å². The summed E-state index contributed by atoms with van der Waals surface area (Å²) in [6, 6.07) is 0.609. The zero-order chi connectivity index (χ0) is 8.39. The van der Waals surface area contributed by atoms with E-state index in [0.29, 0.717) is 18.6 Å². The Bertz CT molecular complexity index is 143. The van der Waals surface area contributed by atoms with E-state index < -0.39 is 0 Å². The van der Waals surface area contributed by atoms with E-state index in [2.05, 4.69) is 10.2 Å². The quantitative estimate of drug-likeness (QED) is 0.565. The van der Waals surface area contributed by atoms with Crippen LogP contribution in [0.3, 0.4) is 0 Å². The molecule has 0 spiro atoms. The van der Waals surface area contributed by atoms with Crippen LogP contribution in [0.2, 0.25) is 0 Å². The topological polar surface area (TPSA) is 35.5 Å². The smallest absolute Gasteiger partial charge is 0.0474 e. The molecule has 2 saturated heterocycles. The lowest BCUT2D eigenvalue weighted by molar-refractivity contribution is 0.0401. The van der Waals surface area contributed by atoms with Crippen molar-refractivity contribution in [2.75, 3.05) is 32.8 Å². The normalized spacial score (nSPS) is 37.8. The average molecular weight is 170 g/mol. The second-order valence-corrected chi connectivity index (χ2v) is 3.89. The van der Waals surface area contributed by atoms with Crippen molar-refractivity contribution in [2.24, 2.45) is 5.92 Å². The molecule has 2 aliphatic rings. The Morgan fingerprint density at radius 1 is 1.42 bits per heavy atom. The van der Waals surface area contributed by atoms with Crippen molar-refractivity contribution in [1.29, 1.82) is 0 Å². The fourth-order valence-electron chi connectivity index (χ4n) is 2.47. The molecule has 0 aromatic heterocycles. The number of rotatable bonds is 1. The minimum absolute atomic E-state index is 0.364. The van der Waals surface area contributed by atoms with Crippen molar-refractivity contribution in [3.63, 3.8) is 0 Å². The van der Waals surface area contributed by atoms with Gasteiger partial charge in [-0.05, 0) is 25.3 Å². The summed E-state index contributed by atoms with van der Waals surface area (Å²) in [5, 5.41) is 12.6. The summed E-state index contributed by atoms with van der Waals surface area (Å²) in [7, 11) is 0. The third-order valence-corrected chi connectivity index (χ3v) is 3.20. The molecule has 3 heteroatoms. The molecule has 3 nitrogen and oxygen atoms in total. The van der Waals surface area contributed by atoms with Crippen LogP contribution < -0.4 is 5.32 Å². The van der Waals surface area contributed by atoms with Gasteiger partial charge in [0.05, 0.1) is 0 Å². The Morgan fingerprint density at radius 3 is 3.17 bits per heavy atom. The van der Waals surface area contributed by atoms with E-state index in [1.807, 2.05) is 0 Å². The molecule has 2 N–H and O–H groups in total. The van der Waals surface area contributed by atoms with Crippen molar-refractivity contribution >= 4 is 0 Å². The van der Waals surface area contributed by atoms with E-state index in [9.17, 15) is 5.11 Å². The molecular formula is C9H18N2O. The van der Waals surface area contributed by atoms with Crippen LogP contribution in [-0.2, 0) is 0 Å². The number of aliphatic hydroxyl groups is 1. The van der Waals surface area contributed by atoms with Crippen LogP contribution in [0.4, 0.5) is 0 Å². The highest BCUT2D eigenvalue weighted by Gasteiger charge is 2.32. The number of piperidine rings is 1. The van der Waals surface area contributed by atoms with Gasteiger partial charge in [0, 0.05) is 32.3 Å². The third kappa shape index (κ3) is 1.49. The van der Waals surface area contributed by atoms with Crippen LogP contribution in [0, 0.1) is 5.92 Å². The van der Waals surface area contributed by atoms with Crippen molar-refractivity contribution in [2.45, 2.75) is 18.9 Å². The fourth-order valence-corrected chi connectivity index (χ4v) is 2.47. The van der Waals surface area contributed by atoms with Gasteiger partial charge in [-0.1, -0.05) is 0 Å². The van der Waals surface area contributed by atoms with Gasteiger partial charge in [-0.25, -0.2) is 0 Å². The fraction of sp³-hybridized carbons (Fsp3) is 1.00. The van der Waals surface area contributed by atoms with E-state index in [0.717, 1.165) is 13.1 Å². The van der Waals surface area contributed by atoms with E-state index in [-0.39, 0.29) is 0 Å². The number of hydrogen-bond acceptors (Lipinski definition) is 3. The molecule has 0 amide bonds. The minimum Gasteiger partial charge on any atom is -0.396 e. The predicted molar refractivity (Wildman–Crippen MR) is 48.0 cm³/mol. The van der Waals surface area contributed by atoms with Gasteiger partial charge in [0.2, 0.25) is 0 Å². The monoisotopic (exact) mass is 170 g/mol. The van der Waals surface area contributed by atoms with Gasteiger partial charge in [0.1, 0.15) is 0 Å². The standard InChI is InChI=1S/C9H18N2O/c12-7-8-2-1-4-11-5-3-10-6-9(8)11/h8-10,12H,1-7H2. The first kappa shape index (κ1) is 8.48. The molecule has 0 aromatic carbocycles. The van der Waals surface area contributed by atoms with Gasteiger partial charge in [-0.2, -0.15) is 0 Å². The second kappa shape index (κ2) is 3.73. The molecule has 2 aliphatic heterocycles. The summed E-state index contributed by atoms with van der Waals surface area (Å²) in [6.07, 6.45) is 2.47. The first-order chi connectivity index (χ1) is 5.92. The van der Waals surface area contributed by atoms with Crippen molar-refractivity contribution in [3.8, 4) is 0 Å². The number of piperazine rings is 1. The van der Waals surface area contributed by atoms with Crippen LogP contribution in [0.5, 0.6) is 0 Å². The molecule has 0 aromatic rings. The summed E-state index contributed by atoms with van der Waals surface area (Å²) in [5.74, 6) is 0.520. The van der Waals surface area contributed by atoms with E-state index in [1.165, 1.54) is 25.9 Å². The molecule has 70 valence electrons. The second-order valence-electron chi connectivity index (χ2n) is 3.89. The van der Waals surface area contributed by atoms with Crippen LogP contribution >= 0.6 is 0 Å². The number of hydrogen-bond donors (Lipinski definition) is 2.